The number of Topliss-reactive ketones (excluding diaryl/α,β-unsaturated/α-hetero) is 1. The molecule has 3 saturated heterocycles. The topological polar surface area (TPSA) is 235 Å². The third-order valence-electron chi connectivity index (χ3n) is 13.0. The number of amides is 6. The van der Waals surface area contributed by atoms with Crippen LogP contribution in [0.4, 0.5) is 0 Å². The summed E-state index contributed by atoms with van der Waals surface area (Å²) in [4.78, 5) is 131. The molecule has 3 aliphatic rings. The van der Waals surface area contributed by atoms with E-state index in [1.54, 1.807) is 52.0 Å². The summed E-state index contributed by atoms with van der Waals surface area (Å²) in [6.07, 6.45) is -3.50. The van der Waals surface area contributed by atoms with Crippen LogP contribution in [0.25, 0.3) is 0 Å². The van der Waals surface area contributed by atoms with Crippen LogP contribution in [0, 0.1) is 23.7 Å². The van der Waals surface area contributed by atoms with Gasteiger partial charge in [-0.15, -0.1) is 0 Å². The SMILES string of the molecule is CC[C@H](C)[C@H]1NC(=O)[C@@H](N2C(=O)CCCCC2=O)[C@@H](C)OC(=O)[C@H](Cc2ccc(OC)cc2)N(C)C(=O)[C@@H]2CCCN2C(=O)[C@H](CC(C)C)NC(=O)[C@@H](C)C(=O)[C@H](C(C)C)OC(=O)C[C@@H]1O. The highest BCUT2D eigenvalue weighted by Gasteiger charge is 2.46. The van der Waals surface area contributed by atoms with Gasteiger partial charge in [0.05, 0.1) is 31.6 Å². The molecule has 0 saturated carbocycles. The molecule has 18 nitrogen and oxygen atoms in total. The minimum Gasteiger partial charge on any atom is -0.497 e. The number of likely N-dealkylation sites (N-methyl/N-ethyl adjacent to an activating group) is 1. The smallest absolute Gasteiger partial charge is 0.329 e. The number of esters is 2. The minimum absolute atomic E-state index is 0.0686. The quantitative estimate of drug-likeness (QED) is 0.184. The van der Waals surface area contributed by atoms with Crippen molar-refractivity contribution in [2.24, 2.45) is 23.7 Å². The van der Waals surface area contributed by atoms with Crippen molar-refractivity contribution >= 4 is 53.2 Å². The summed E-state index contributed by atoms with van der Waals surface area (Å²) in [6, 6.07) is 0.299. The van der Waals surface area contributed by atoms with E-state index in [0.717, 1.165) is 4.90 Å². The van der Waals surface area contributed by atoms with Crippen LogP contribution in [0.1, 0.15) is 119 Å². The van der Waals surface area contributed by atoms with Gasteiger partial charge in [-0.05, 0) is 81.4 Å². The number of imide groups is 1. The molecule has 1 aromatic rings. The molecule has 10 atom stereocenters. The number of aliphatic hydroxyl groups is 1. The largest absolute Gasteiger partial charge is 0.497 e. The van der Waals surface area contributed by atoms with E-state index in [0.29, 0.717) is 37.0 Å². The average molecular weight is 926 g/mol. The van der Waals surface area contributed by atoms with Crippen molar-refractivity contribution in [3.05, 3.63) is 29.8 Å². The summed E-state index contributed by atoms with van der Waals surface area (Å²) in [7, 11) is 2.91. The number of cyclic esters (lactones) is 2. The molecule has 0 unspecified atom stereocenters. The third-order valence-corrected chi connectivity index (χ3v) is 13.0. The van der Waals surface area contributed by atoms with Gasteiger partial charge in [-0.2, -0.15) is 0 Å². The molecule has 3 heterocycles. The summed E-state index contributed by atoms with van der Waals surface area (Å²) in [5.74, 6) is -9.01. The maximum Gasteiger partial charge on any atom is 0.329 e. The lowest BCUT2D eigenvalue weighted by Crippen LogP contribution is -2.61. The van der Waals surface area contributed by atoms with Crippen molar-refractivity contribution in [1.29, 1.82) is 0 Å². The minimum atomic E-state index is -1.74. The second-order valence-electron chi connectivity index (χ2n) is 18.8. The number of likely N-dealkylation sites (tertiary alicyclic amines) is 1. The van der Waals surface area contributed by atoms with E-state index < -0.39 is 126 Å². The molecule has 66 heavy (non-hydrogen) atoms. The van der Waals surface area contributed by atoms with Gasteiger partial charge in [-0.1, -0.05) is 60.1 Å². The number of benzene rings is 1. The monoisotopic (exact) mass is 926 g/mol. The van der Waals surface area contributed by atoms with E-state index in [1.807, 2.05) is 13.8 Å². The summed E-state index contributed by atoms with van der Waals surface area (Å²) in [5.41, 5.74) is 0.598. The van der Waals surface area contributed by atoms with Crippen LogP contribution in [-0.4, -0.2) is 142 Å². The van der Waals surface area contributed by atoms with Crippen molar-refractivity contribution in [2.45, 2.75) is 168 Å². The molecule has 4 rings (SSSR count). The fraction of sp³-hybridized carbons (Fsp3) is 0.688. The summed E-state index contributed by atoms with van der Waals surface area (Å²) < 4.78 is 17.0. The Morgan fingerprint density at radius 2 is 1.45 bits per heavy atom. The van der Waals surface area contributed by atoms with Crippen molar-refractivity contribution < 1.29 is 62.5 Å². The van der Waals surface area contributed by atoms with Crippen LogP contribution < -0.4 is 15.4 Å². The fourth-order valence-electron chi connectivity index (χ4n) is 8.85. The summed E-state index contributed by atoms with van der Waals surface area (Å²) in [5, 5.41) is 17.1. The van der Waals surface area contributed by atoms with E-state index in [4.69, 9.17) is 14.2 Å². The van der Waals surface area contributed by atoms with Gasteiger partial charge >= 0.3 is 11.9 Å². The molecule has 3 N–H and O–H groups in total. The number of hydrogen-bond acceptors (Lipinski definition) is 13. The van der Waals surface area contributed by atoms with Gasteiger partial charge in [0, 0.05) is 32.9 Å². The Hall–Kier alpha value is -5.39. The molecule has 3 fully saturated rings. The van der Waals surface area contributed by atoms with E-state index in [-0.39, 0.29) is 44.6 Å². The van der Waals surface area contributed by atoms with Gasteiger partial charge in [0.1, 0.15) is 30.0 Å². The Balaban J connectivity index is 1.88. The van der Waals surface area contributed by atoms with Crippen molar-refractivity contribution in [3.63, 3.8) is 0 Å². The van der Waals surface area contributed by atoms with Crippen molar-refractivity contribution in [2.75, 3.05) is 20.7 Å². The number of ether oxygens (including phenoxy) is 3. The number of ketones is 1. The van der Waals surface area contributed by atoms with E-state index >= 15 is 0 Å². The zero-order valence-corrected chi connectivity index (χ0v) is 40.2. The number of methoxy groups -OCH3 is 1. The van der Waals surface area contributed by atoms with Gasteiger partial charge in [0.2, 0.25) is 35.4 Å². The molecule has 3 aliphatic heterocycles. The zero-order chi connectivity index (χ0) is 49.2. The zero-order valence-electron chi connectivity index (χ0n) is 40.2. The van der Waals surface area contributed by atoms with Crippen LogP contribution in [-0.2, 0) is 59.0 Å². The molecule has 1 aromatic carbocycles. The number of fused-ring (bicyclic) bond motifs is 1. The van der Waals surface area contributed by atoms with Gasteiger partial charge < -0.3 is 39.8 Å². The predicted octanol–water partition coefficient (Wildman–Crippen LogP) is 2.88. The Kier molecular flexibility index (Phi) is 19.3. The van der Waals surface area contributed by atoms with Crippen LogP contribution in [0.3, 0.4) is 0 Å². The standard InChI is InChI=1S/C48H71N5O13/c1-11-28(6)40-36(54)25-39(57)66-43(27(4)5)42(58)29(7)44(59)49-33(23-26(2)3)46(61)52-22-14-15-34(52)47(62)51(9)35(24-31-18-20-32(64-10)21-19-31)48(63)65-30(8)41(45(60)50-40)53-37(55)16-12-13-17-38(53)56/h18-21,26-30,33-36,40-41,43,54H,11-17,22-25H2,1-10H3,(H,49,59)(H,50,60)/t28-,29-,30+,33-,34-,35-,36-,40+,41-,43-/m0/s1. The van der Waals surface area contributed by atoms with Crippen LogP contribution >= 0.6 is 0 Å². The lowest BCUT2D eigenvalue weighted by molar-refractivity contribution is -0.169. The number of carbonyl (C=O) groups excluding carboxylic acids is 9. The molecule has 0 aromatic heterocycles. The van der Waals surface area contributed by atoms with Gasteiger partial charge in [-0.25, -0.2) is 4.79 Å². The Morgan fingerprint density at radius 3 is 2.02 bits per heavy atom. The predicted molar refractivity (Wildman–Crippen MR) is 240 cm³/mol. The molecule has 366 valence electrons. The summed E-state index contributed by atoms with van der Waals surface area (Å²) >= 11 is 0. The highest BCUT2D eigenvalue weighted by molar-refractivity contribution is 6.05. The first-order valence-corrected chi connectivity index (χ1v) is 23.4. The van der Waals surface area contributed by atoms with Crippen LogP contribution in [0.5, 0.6) is 5.75 Å². The van der Waals surface area contributed by atoms with Crippen molar-refractivity contribution in [1.82, 2.24) is 25.3 Å². The number of nitrogens with zero attached hydrogens (tertiary/aromatic N) is 3. The normalized spacial score (nSPS) is 29.3. The van der Waals surface area contributed by atoms with E-state index in [9.17, 15) is 48.3 Å². The summed E-state index contributed by atoms with van der Waals surface area (Å²) in [6.45, 7) is 13.3. The number of aliphatic hydroxyl groups excluding tert-OH is 1. The van der Waals surface area contributed by atoms with Crippen LogP contribution in [0.2, 0.25) is 0 Å². The molecule has 0 bridgehead atoms. The number of rotatable bonds is 9. The molecule has 6 amide bonds. The molecule has 0 spiro atoms. The molecule has 18 heteroatoms. The fourth-order valence-corrected chi connectivity index (χ4v) is 8.85. The van der Waals surface area contributed by atoms with Gasteiger partial charge in [-0.3, -0.25) is 43.3 Å². The highest BCUT2D eigenvalue weighted by Crippen LogP contribution is 2.27. The molecule has 0 radical (unpaired) electrons. The maximum atomic E-state index is 14.7. The van der Waals surface area contributed by atoms with Gasteiger partial charge in [0.25, 0.3) is 0 Å². The number of nitrogens with one attached hydrogen (secondary N) is 2. The Labute approximate surface area is 388 Å². The number of carbonyl (C=O) groups is 9. The van der Waals surface area contributed by atoms with E-state index in [2.05, 4.69) is 10.6 Å². The third kappa shape index (κ3) is 13.2. The molecule has 0 aliphatic carbocycles. The lowest BCUT2D eigenvalue weighted by Gasteiger charge is -2.37. The van der Waals surface area contributed by atoms with E-state index in [1.165, 1.54) is 37.8 Å². The second-order valence-corrected chi connectivity index (χ2v) is 18.8. The molecular weight excluding hydrogens is 855 g/mol. The lowest BCUT2D eigenvalue weighted by atomic mass is 9.91. The van der Waals surface area contributed by atoms with Crippen LogP contribution in [0.15, 0.2) is 24.3 Å². The Morgan fingerprint density at radius 1 is 0.833 bits per heavy atom. The maximum absolute atomic E-state index is 14.7. The first-order chi connectivity index (χ1) is 31.1. The Bertz CT molecular complexity index is 1920. The van der Waals surface area contributed by atoms with Crippen molar-refractivity contribution in [3.8, 4) is 5.75 Å². The first-order valence-electron chi connectivity index (χ1n) is 23.4. The first kappa shape index (κ1) is 53.2. The second kappa shape index (κ2) is 23.9. The average Bonchev–Trinajstić information content (AvgIpc) is 3.71. The highest BCUT2D eigenvalue weighted by atomic mass is 16.6. The number of hydrogen-bond donors (Lipinski definition) is 3. The van der Waals surface area contributed by atoms with Gasteiger partial charge in [0.15, 0.2) is 17.9 Å². The molecular formula is C48H71N5O13.